The van der Waals surface area contributed by atoms with Crippen LogP contribution in [0.3, 0.4) is 0 Å². The summed E-state index contributed by atoms with van der Waals surface area (Å²) in [6.07, 6.45) is 7.18. The largest absolute Gasteiger partial charge is 0.496 e. The molecule has 18 heavy (non-hydrogen) atoms. The van der Waals surface area contributed by atoms with Crippen molar-refractivity contribution in [1.82, 2.24) is 0 Å². The molecule has 2 unspecified atom stereocenters. The normalized spacial score (nSPS) is 24.6. The fourth-order valence-corrected chi connectivity index (χ4v) is 3.32. The zero-order valence-corrected chi connectivity index (χ0v) is 12.3. The Bertz CT molecular complexity index is 392. The molecule has 1 saturated carbocycles. The van der Waals surface area contributed by atoms with Crippen molar-refractivity contribution in [2.45, 2.75) is 43.9 Å². The Morgan fingerprint density at radius 2 is 2.00 bits per heavy atom. The van der Waals surface area contributed by atoms with Gasteiger partial charge in [0.25, 0.3) is 0 Å². The molecule has 0 bridgehead atoms. The summed E-state index contributed by atoms with van der Waals surface area (Å²) in [5.41, 5.74) is 1.18. The van der Waals surface area contributed by atoms with E-state index in [-0.39, 0.29) is 5.38 Å². The first kappa shape index (κ1) is 14.0. The molecule has 0 aromatic heterocycles. The number of hydrogen-bond acceptors (Lipinski definition) is 1. The molecule has 1 aromatic carbocycles. The summed E-state index contributed by atoms with van der Waals surface area (Å²) in [4.78, 5) is 0. The highest BCUT2D eigenvalue weighted by Gasteiger charge is 2.23. The summed E-state index contributed by atoms with van der Waals surface area (Å²) < 4.78 is 5.41. The first-order valence-corrected chi connectivity index (χ1v) is 7.48. The Morgan fingerprint density at radius 3 is 2.78 bits per heavy atom. The second-order valence-corrected chi connectivity index (χ2v) is 6.07. The third-order valence-corrected chi connectivity index (χ3v) is 4.60. The average molecular weight is 287 g/mol. The van der Waals surface area contributed by atoms with Gasteiger partial charge in [-0.2, -0.15) is 0 Å². The topological polar surface area (TPSA) is 9.23 Å². The van der Waals surface area contributed by atoms with E-state index in [1.54, 1.807) is 7.11 Å². The van der Waals surface area contributed by atoms with Crippen LogP contribution in [-0.4, -0.2) is 12.5 Å². The van der Waals surface area contributed by atoms with Crippen LogP contribution in [0.1, 0.15) is 37.7 Å². The third-order valence-electron chi connectivity index (χ3n) is 3.79. The second-order valence-electron chi connectivity index (χ2n) is 5.07. The lowest BCUT2D eigenvalue weighted by Gasteiger charge is -2.21. The van der Waals surface area contributed by atoms with Gasteiger partial charge in [-0.1, -0.05) is 30.9 Å². The third kappa shape index (κ3) is 3.55. The zero-order valence-electron chi connectivity index (χ0n) is 10.8. The fraction of sp³-hybridized carbons (Fsp3) is 0.600. The Balaban J connectivity index is 2.13. The van der Waals surface area contributed by atoms with Gasteiger partial charge in [0.2, 0.25) is 0 Å². The van der Waals surface area contributed by atoms with Crippen molar-refractivity contribution >= 4 is 23.2 Å². The molecule has 2 rings (SSSR count). The highest BCUT2D eigenvalue weighted by atomic mass is 35.5. The van der Waals surface area contributed by atoms with Crippen LogP contribution in [0.15, 0.2) is 18.2 Å². The molecule has 0 heterocycles. The summed E-state index contributed by atoms with van der Waals surface area (Å²) in [6.45, 7) is 0. The molecule has 2 atom stereocenters. The van der Waals surface area contributed by atoms with Crippen LogP contribution >= 0.6 is 23.2 Å². The number of ether oxygens (including phenoxy) is 1. The lowest BCUT2D eigenvalue weighted by atomic mass is 9.91. The van der Waals surface area contributed by atoms with Crippen LogP contribution in [0.2, 0.25) is 5.02 Å². The van der Waals surface area contributed by atoms with E-state index in [2.05, 4.69) is 0 Å². The first-order chi connectivity index (χ1) is 8.70. The van der Waals surface area contributed by atoms with Gasteiger partial charge in [-0.25, -0.2) is 0 Å². The molecule has 0 radical (unpaired) electrons. The molecule has 0 spiro atoms. The van der Waals surface area contributed by atoms with Crippen molar-refractivity contribution in [2.24, 2.45) is 5.92 Å². The molecule has 1 nitrogen and oxygen atoms in total. The summed E-state index contributed by atoms with van der Waals surface area (Å²) in [6, 6.07) is 5.82. The van der Waals surface area contributed by atoms with Crippen LogP contribution < -0.4 is 4.74 Å². The lowest BCUT2D eigenvalue weighted by molar-refractivity contribution is 0.398. The van der Waals surface area contributed by atoms with Gasteiger partial charge in [0.05, 0.1) is 7.11 Å². The maximum Gasteiger partial charge on any atom is 0.122 e. The van der Waals surface area contributed by atoms with E-state index in [0.29, 0.717) is 5.92 Å². The SMILES string of the molecule is COc1ccc(Cl)cc1CC1CCCCCC1Cl. The molecule has 0 N–H and O–H groups in total. The van der Waals surface area contributed by atoms with E-state index >= 15 is 0 Å². The van der Waals surface area contributed by atoms with Crippen molar-refractivity contribution in [2.75, 3.05) is 7.11 Å². The minimum Gasteiger partial charge on any atom is -0.496 e. The van der Waals surface area contributed by atoms with Crippen molar-refractivity contribution in [3.05, 3.63) is 28.8 Å². The standard InChI is InChI=1S/C15H20Cl2O/c1-18-15-8-7-13(16)10-12(15)9-11-5-3-2-4-6-14(11)17/h7-8,10-11,14H,2-6,9H2,1H3. The molecule has 0 saturated heterocycles. The van der Waals surface area contributed by atoms with Gasteiger partial charge < -0.3 is 4.74 Å². The number of benzene rings is 1. The highest BCUT2D eigenvalue weighted by Crippen LogP contribution is 2.33. The monoisotopic (exact) mass is 286 g/mol. The Labute approximate surface area is 119 Å². The zero-order chi connectivity index (χ0) is 13.0. The van der Waals surface area contributed by atoms with Crippen molar-refractivity contribution in [1.29, 1.82) is 0 Å². The molecule has 0 amide bonds. The Kier molecular flexibility index (Phi) is 5.20. The molecule has 1 aliphatic carbocycles. The summed E-state index contributed by atoms with van der Waals surface area (Å²) in [7, 11) is 1.71. The van der Waals surface area contributed by atoms with Crippen molar-refractivity contribution in [3.8, 4) is 5.75 Å². The predicted octanol–water partition coefficient (Wildman–Crippen LogP) is 5.08. The lowest BCUT2D eigenvalue weighted by Crippen LogP contribution is -2.16. The average Bonchev–Trinajstić information content (AvgIpc) is 2.55. The van der Waals surface area contributed by atoms with Gasteiger partial charge >= 0.3 is 0 Å². The molecular formula is C15H20Cl2O. The number of rotatable bonds is 3. The van der Waals surface area contributed by atoms with Crippen LogP contribution in [0.4, 0.5) is 0 Å². The van der Waals surface area contributed by atoms with Crippen LogP contribution in [0.25, 0.3) is 0 Å². The highest BCUT2D eigenvalue weighted by molar-refractivity contribution is 6.30. The van der Waals surface area contributed by atoms with E-state index in [1.165, 1.54) is 31.2 Å². The van der Waals surface area contributed by atoms with Gasteiger partial charge in [-0.05, 0) is 48.9 Å². The fourth-order valence-electron chi connectivity index (χ4n) is 2.76. The number of alkyl halides is 1. The van der Waals surface area contributed by atoms with Crippen molar-refractivity contribution < 1.29 is 4.74 Å². The van der Waals surface area contributed by atoms with Crippen LogP contribution in [-0.2, 0) is 6.42 Å². The number of halogens is 2. The quantitative estimate of drug-likeness (QED) is 0.556. The molecule has 1 aliphatic rings. The summed E-state index contributed by atoms with van der Waals surface area (Å²) >= 11 is 12.6. The maximum atomic E-state index is 6.50. The number of methoxy groups -OCH3 is 1. The molecule has 1 aromatic rings. The Morgan fingerprint density at radius 1 is 1.22 bits per heavy atom. The van der Waals surface area contributed by atoms with Crippen LogP contribution in [0.5, 0.6) is 5.75 Å². The number of hydrogen-bond donors (Lipinski definition) is 0. The molecule has 100 valence electrons. The summed E-state index contributed by atoms with van der Waals surface area (Å²) in [5, 5.41) is 1.06. The molecule has 1 fully saturated rings. The minimum atomic E-state index is 0.288. The van der Waals surface area contributed by atoms with E-state index in [0.717, 1.165) is 23.6 Å². The molecular weight excluding hydrogens is 267 g/mol. The van der Waals surface area contributed by atoms with Gasteiger partial charge in [0, 0.05) is 10.4 Å². The van der Waals surface area contributed by atoms with E-state index in [1.807, 2.05) is 18.2 Å². The van der Waals surface area contributed by atoms with Gasteiger partial charge in [-0.3, -0.25) is 0 Å². The first-order valence-electron chi connectivity index (χ1n) is 6.67. The Hall–Kier alpha value is -0.400. The van der Waals surface area contributed by atoms with Crippen LogP contribution in [0, 0.1) is 5.92 Å². The van der Waals surface area contributed by atoms with Crippen molar-refractivity contribution in [3.63, 3.8) is 0 Å². The minimum absolute atomic E-state index is 0.288. The summed E-state index contributed by atoms with van der Waals surface area (Å²) in [5.74, 6) is 1.47. The van der Waals surface area contributed by atoms with Gasteiger partial charge in [-0.15, -0.1) is 11.6 Å². The van der Waals surface area contributed by atoms with E-state index in [9.17, 15) is 0 Å². The van der Waals surface area contributed by atoms with Gasteiger partial charge in [0.1, 0.15) is 5.75 Å². The molecule has 3 heteroatoms. The van der Waals surface area contributed by atoms with E-state index < -0.39 is 0 Å². The second kappa shape index (κ2) is 6.68. The maximum absolute atomic E-state index is 6.50. The van der Waals surface area contributed by atoms with E-state index in [4.69, 9.17) is 27.9 Å². The predicted molar refractivity (Wildman–Crippen MR) is 77.9 cm³/mol. The smallest absolute Gasteiger partial charge is 0.122 e. The van der Waals surface area contributed by atoms with Gasteiger partial charge in [0.15, 0.2) is 0 Å². The molecule has 0 aliphatic heterocycles.